The molecular formula is C20H33NO. The van der Waals surface area contributed by atoms with E-state index in [9.17, 15) is 4.79 Å². The molecule has 2 heteroatoms. The van der Waals surface area contributed by atoms with Gasteiger partial charge in [0, 0.05) is 5.92 Å². The van der Waals surface area contributed by atoms with Crippen LogP contribution < -0.4 is 5.73 Å². The van der Waals surface area contributed by atoms with Crippen LogP contribution in [0.25, 0.3) is 0 Å². The summed E-state index contributed by atoms with van der Waals surface area (Å²) in [5.74, 6) is 5.42. The second kappa shape index (κ2) is 5.24. The number of carbonyl (C=O) groups excluding carboxylic acids is 1. The van der Waals surface area contributed by atoms with Gasteiger partial charge in [-0.2, -0.15) is 0 Å². The van der Waals surface area contributed by atoms with Gasteiger partial charge in [0.05, 0.1) is 0 Å². The van der Waals surface area contributed by atoms with Crippen molar-refractivity contribution in [2.45, 2.75) is 71.6 Å². The first-order valence-electron chi connectivity index (χ1n) is 9.78. The van der Waals surface area contributed by atoms with Crippen molar-refractivity contribution in [1.82, 2.24) is 0 Å². The highest BCUT2D eigenvalue weighted by molar-refractivity contribution is 5.77. The van der Waals surface area contributed by atoms with Crippen LogP contribution in [-0.2, 0) is 4.79 Å². The Labute approximate surface area is 135 Å². The highest BCUT2D eigenvalue weighted by Gasteiger charge is 2.55. The van der Waals surface area contributed by atoms with Crippen molar-refractivity contribution < 1.29 is 4.79 Å². The van der Waals surface area contributed by atoms with Gasteiger partial charge in [0.15, 0.2) is 0 Å². The van der Waals surface area contributed by atoms with Crippen LogP contribution in [0.2, 0.25) is 0 Å². The molecule has 22 heavy (non-hydrogen) atoms. The zero-order valence-corrected chi connectivity index (χ0v) is 14.4. The van der Waals surface area contributed by atoms with E-state index in [1.807, 2.05) is 0 Å². The van der Waals surface area contributed by atoms with E-state index < -0.39 is 0 Å². The molecule has 0 radical (unpaired) electrons. The van der Waals surface area contributed by atoms with Crippen LogP contribution in [0.3, 0.4) is 0 Å². The van der Waals surface area contributed by atoms with E-state index in [1.165, 1.54) is 51.4 Å². The molecule has 0 heterocycles. The Bertz CT molecular complexity index is 457. The molecule has 4 rings (SSSR count). The minimum absolute atomic E-state index is 0.0161. The second-order valence-corrected chi connectivity index (χ2v) is 9.56. The number of primary amides is 1. The van der Waals surface area contributed by atoms with Gasteiger partial charge in [-0.05, 0) is 85.9 Å². The summed E-state index contributed by atoms with van der Waals surface area (Å²) in [6.45, 7) is 5.08. The maximum Gasteiger partial charge on any atom is 0.220 e. The molecular weight excluding hydrogens is 270 g/mol. The first-order chi connectivity index (χ1) is 10.5. The molecule has 2 nitrogen and oxygen atoms in total. The molecule has 0 aromatic carbocycles. The van der Waals surface area contributed by atoms with Gasteiger partial charge < -0.3 is 5.73 Å². The summed E-state index contributed by atoms with van der Waals surface area (Å²) in [6.07, 6.45) is 12.3. The number of amides is 1. The average Bonchev–Trinajstić information content (AvgIpc) is 2.90. The summed E-state index contributed by atoms with van der Waals surface area (Å²) in [7, 11) is 0. The summed E-state index contributed by atoms with van der Waals surface area (Å²) in [4.78, 5) is 11.8. The van der Waals surface area contributed by atoms with Gasteiger partial charge in [-0.25, -0.2) is 0 Å². The van der Waals surface area contributed by atoms with Crippen molar-refractivity contribution in [3.8, 4) is 0 Å². The summed E-state index contributed by atoms with van der Waals surface area (Å²) in [6, 6.07) is 0. The van der Waals surface area contributed by atoms with E-state index in [0.29, 0.717) is 11.3 Å². The van der Waals surface area contributed by atoms with Crippen LogP contribution in [-0.4, -0.2) is 5.91 Å². The lowest BCUT2D eigenvalue weighted by molar-refractivity contribution is -0.125. The first kappa shape index (κ1) is 15.0. The Balaban J connectivity index is 1.59. The number of nitrogens with two attached hydrogens (primary N) is 1. The van der Waals surface area contributed by atoms with Crippen LogP contribution in [0.15, 0.2) is 0 Å². The molecule has 0 saturated heterocycles. The Hall–Kier alpha value is -0.530. The second-order valence-electron chi connectivity index (χ2n) is 9.56. The Morgan fingerprint density at radius 3 is 2.27 bits per heavy atom. The Morgan fingerprint density at radius 1 is 0.864 bits per heavy atom. The molecule has 0 aromatic heterocycles. The quantitative estimate of drug-likeness (QED) is 0.767. The normalized spacial score (nSPS) is 49.8. The van der Waals surface area contributed by atoms with E-state index in [4.69, 9.17) is 5.73 Å². The maximum absolute atomic E-state index is 11.8. The minimum atomic E-state index is -0.0161. The van der Waals surface area contributed by atoms with Gasteiger partial charge in [0.1, 0.15) is 0 Å². The van der Waals surface area contributed by atoms with E-state index >= 15 is 0 Å². The third-order valence-corrected chi connectivity index (χ3v) is 8.31. The Morgan fingerprint density at radius 2 is 1.50 bits per heavy atom. The third kappa shape index (κ3) is 2.16. The average molecular weight is 303 g/mol. The molecule has 0 spiro atoms. The summed E-state index contributed by atoms with van der Waals surface area (Å²) >= 11 is 0. The van der Waals surface area contributed by atoms with Crippen molar-refractivity contribution in [2.75, 3.05) is 0 Å². The van der Waals surface area contributed by atoms with Crippen molar-refractivity contribution >= 4 is 5.91 Å². The fourth-order valence-corrected chi connectivity index (χ4v) is 7.65. The van der Waals surface area contributed by atoms with Gasteiger partial charge in [-0.1, -0.05) is 26.7 Å². The number of hydrogen-bond acceptors (Lipinski definition) is 1. The molecule has 124 valence electrons. The SMILES string of the molecule is CC1(C)CCCC2CCC3C4CCC(C(N)=O)C4CCC3C21. The zero-order valence-electron chi connectivity index (χ0n) is 14.4. The fourth-order valence-electron chi connectivity index (χ4n) is 7.65. The molecule has 4 fully saturated rings. The summed E-state index contributed by atoms with van der Waals surface area (Å²) < 4.78 is 0. The predicted molar refractivity (Wildman–Crippen MR) is 89.0 cm³/mol. The van der Waals surface area contributed by atoms with Crippen LogP contribution in [0.4, 0.5) is 0 Å². The predicted octanol–water partition coefficient (Wildman–Crippen LogP) is 4.38. The topological polar surface area (TPSA) is 43.1 Å². The van der Waals surface area contributed by atoms with Crippen LogP contribution in [0.1, 0.15) is 71.6 Å². The number of fused-ring (bicyclic) bond motifs is 5. The van der Waals surface area contributed by atoms with Gasteiger partial charge >= 0.3 is 0 Å². The third-order valence-electron chi connectivity index (χ3n) is 8.31. The van der Waals surface area contributed by atoms with Crippen molar-refractivity contribution in [2.24, 2.45) is 52.6 Å². The molecule has 0 bridgehead atoms. The van der Waals surface area contributed by atoms with Gasteiger partial charge in [0.25, 0.3) is 0 Å². The Kier molecular flexibility index (Phi) is 3.58. The van der Waals surface area contributed by atoms with Gasteiger partial charge in [-0.15, -0.1) is 0 Å². The molecule has 4 saturated carbocycles. The monoisotopic (exact) mass is 303 g/mol. The molecule has 7 unspecified atom stereocenters. The molecule has 1 amide bonds. The summed E-state index contributed by atoms with van der Waals surface area (Å²) in [5.41, 5.74) is 6.23. The molecule has 2 N–H and O–H groups in total. The van der Waals surface area contributed by atoms with Gasteiger partial charge in [-0.3, -0.25) is 4.79 Å². The van der Waals surface area contributed by atoms with Gasteiger partial charge in [0.2, 0.25) is 5.91 Å². The molecule has 4 aliphatic rings. The summed E-state index contributed by atoms with van der Waals surface area (Å²) in [5, 5.41) is 0. The number of carbonyl (C=O) groups is 1. The lowest BCUT2D eigenvalue weighted by Gasteiger charge is -2.57. The smallest absolute Gasteiger partial charge is 0.220 e. The van der Waals surface area contributed by atoms with Crippen LogP contribution in [0.5, 0.6) is 0 Å². The number of hydrogen-bond donors (Lipinski definition) is 1. The largest absolute Gasteiger partial charge is 0.369 e. The van der Waals surface area contributed by atoms with E-state index in [2.05, 4.69) is 13.8 Å². The maximum atomic E-state index is 11.8. The lowest BCUT2D eigenvalue weighted by atomic mass is 9.48. The van der Waals surface area contributed by atoms with E-state index in [-0.39, 0.29) is 11.8 Å². The highest BCUT2D eigenvalue weighted by Crippen LogP contribution is 2.62. The zero-order chi connectivity index (χ0) is 15.5. The highest BCUT2D eigenvalue weighted by atomic mass is 16.1. The molecule has 0 aromatic rings. The van der Waals surface area contributed by atoms with Crippen LogP contribution in [0, 0.1) is 46.8 Å². The van der Waals surface area contributed by atoms with Crippen molar-refractivity contribution in [1.29, 1.82) is 0 Å². The number of rotatable bonds is 1. The fraction of sp³-hybridized carbons (Fsp3) is 0.950. The van der Waals surface area contributed by atoms with E-state index in [0.717, 1.165) is 36.0 Å². The first-order valence-corrected chi connectivity index (χ1v) is 9.78. The standard InChI is InChI=1S/C20H33NO/c1-20(2)11-3-4-12-5-6-14-13-8-10-17(19(21)22)15(13)7-9-16(14)18(12)20/h12-18H,3-11H2,1-2H3,(H2,21,22). The van der Waals surface area contributed by atoms with Crippen LogP contribution >= 0.6 is 0 Å². The molecule has 0 aliphatic heterocycles. The minimum Gasteiger partial charge on any atom is -0.369 e. The molecule has 4 aliphatic carbocycles. The van der Waals surface area contributed by atoms with E-state index in [1.54, 1.807) is 0 Å². The van der Waals surface area contributed by atoms with Crippen molar-refractivity contribution in [3.63, 3.8) is 0 Å². The van der Waals surface area contributed by atoms with Crippen molar-refractivity contribution in [3.05, 3.63) is 0 Å². The lowest BCUT2D eigenvalue weighted by Crippen LogP contribution is -2.50. The molecule has 7 atom stereocenters.